The normalized spacial score (nSPS) is 11.3. The lowest BCUT2D eigenvalue weighted by molar-refractivity contribution is -0.142. The maximum atomic E-state index is 14.2. The molecule has 0 spiro atoms. The van der Waals surface area contributed by atoms with Crippen molar-refractivity contribution in [2.24, 2.45) is 0 Å². The van der Waals surface area contributed by atoms with Crippen LogP contribution in [0.1, 0.15) is 56.0 Å². The number of pyridine rings is 1. The fourth-order valence-electron chi connectivity index (χ4n) is 5.46. The first-order valence-corrected chi connectivity index (χ1v) is 26.5. The summed E-state index contributed by atoms with van der Waals surface area (Å²) in [6.45, 7) is 6.09. The highest BCUT2D eigenvalue weighted by Gasteiger charge is 2.28. The van der Waals surface area contributed by atoms with E-state index in [1.165, 1.54) is 64.5 Å². The largest absolute Gasteiger partial charge is 0.481 e. The van der Waals surface area contributed by atoms with E-state index in [1.54, 1.807) is 11.6 Å². The van der Waals surface area contributed by atoms with E-state index in [2.05, 4.69) is 56.3 Å². The van der Waals surface area contributed by atoms with Gasteiger partial charge in [-0.05, 0) is 76.0 Å². The lowest BCUT2D eigenvalue weighted by Crippen LogP contribution is -2.36. The summed E-state index contributed by atoms with van der Waals surface area (Å²) in [5.74, 6) is -2.73. The van der Waals surface area contributed by atoms with Crippen LogP contribution in [0.3, 0.4) is 0 Å². The number of rotatable bonds is 20. The van der Waals surface area contributed by atoms with Crippen molar-refractivity contribution in [2.75, 3.05) is 70.2 Å². The van der Waals surface area contributed by atoms with Crippen LogP contribution in [-0.2, 0) is 35.3 Å². The van der Waals surface area contributed by atoms with E-state index in [0.717, 1.165) is 18.7 Å². The molecule has 0 saturated heterocycles. The van der Waals surface area contributed by atoms with Gasteiger partial charge in [-0.3, -0.25) is 29.6 Å². The summed E-state index contributed by atoms with van der Waals surface area (Å²) in [6, 6.07) is 5.20. The molecule has 0 aliphatic rings. The minimum absolute atomic E-state index is 0.0424. The van der Waals surface area contributed by atoms with Gasteiger partial charge >= 0.3 is 37.8 Å². The number of aromatic nitrogens is 9. The third-order valence-corrected chi connectivity index (χ3v) is 11.4. The van der Waals surface area contributed by atoms with Crippen LogP contribution < -0.4 is 41.2 Å². The van der Waals surface area contributed by atoms with Gasteiger partial charge in [0.15, 0.2) is 10.8 Å². The molecule has 1 unspecified atom stereocenters. The first-order chi connectivity index (χ1) is 36.4. The topological polar surface area (TPSA) is 388 Å². The van der Waals surface area contributed by atoms with Gasteiger partial charge in [0.2, 0.25) is 34.9 Å². The van der Waals surface area contributed by atoms with Crippen LogP contribution in [0.2, 0.25) is 10.3 Å². The Morgan fingerprint density at radius 3 is 2.08 bits per heavy atom. The molecule has 4 aromatic heterocycles. The van der Waals surface area contributed by atoms with Gasteiger partial charge in [0, 0.05) is 44.3 Å². The average molecular weight is 1210 g/mol. The summed E-state index contributed by atoms with van der Waals surface area (Å²) >= 11 is 17.6. The van der Waals surface area contributed by atoms with Crippen LogP contribution in [0, 0.1) is 12.7 Å². The Morgan fingerprint density at radius 2 is 1.56 bits per heavy atom. The molecule has 29 nitrogen and oxygen atoms in total. The van der Waals surface area contributed by atoms with Crippen molar-refractivity contribution in [3.63, 3.8) is 0 Å². The number of sulfonamides is 1. The van der Waals surface area contributed by atoms with E-state index in [-0.39, 0.29) is 74.3 Å². The molecule has 3 amide bonds. The highest BCUT2D eigenvalue weighted by Crippen LogP contribution is 2.32. The number of alkyl halides is 3. The Labute approximate surface area is 457 Å². The maximum absolute atomic E-state index is 14.2. The number of aliphatic carboxylic acids is 1. The van der Waals surface area contributed by atoms with Gasteiger partial charge < -0.3 is 44.6 Å². The Balaban J connectivity index is 0.000000382. The van der Waals surface area contributed by atoms with Crippen molar-refractivity contribution in [1.82, 2.24) is 59.2 Å². The lowest BCUT2D eigenvalue weighted by Gasteiger charge is -2.14. The highest BCUT2D eigenvalue weighted by atomic mass is 35.5. The molecule has 1 atom stereocenters. The second-order valence-electron chi connectivity index (χ2n) is 15.3. The summed E-state index contributed by atoms with van der Waals surface area (Å²) in [5, 5.41) is 20.4. The van der Waals surface area contributed by atoms with Crippen molar-refractivity contribution in [2.45, 2.75) is 64.0 Å². The number of anilines is 3. The number of halogens is 6. The molecule has 0 fully saturated rings. The summed E-state index contributed by atoms with van der Waals surface area (Å²) in [6.07, 6.45) is 0.476. The first-order valence-electron chi connectivity index (χ1n) is 22.0. The van der Waals surface area contributed by atoms with E-state index >= 15 is 0 Å². The minimum atomic E-state index is -4.46. The van der Waals surface area contributed by atoms with E-state index in [4.69, 9.17) is 63.9 Å². The molecule has 78 heavy (non-hydrogen) atoms. The van der Waals surface area contributed by atoms with Gasteiger partial charge in [0.05, 0.1) is 45.3 Å². The van der Waals surface area contributed by atoms with Crippen molar-refractivity contribution >= 4 is 94.1 Å². The molecular weight excluding hydrogens is 1150 g/mol. The van der Waals surface area contributed by atoms with Crippen LogP contribution in [0.4, 0.5) is 35.8 Å². The number of ether oxygens (including phenoxy) is 3. The summed E-state index contributed by atoms with van der Waals surface area (Å²) in [5.41, 5.74) is -1.55. The molecule has 4 heterocycles. The van der Waals surface area contributed by atoms with E-state index < -0.39 is 82.8 Å². The summed E-state index contributed by atoms with van der Waals surface area (Å²) < 4.78 is 92.2. The van der Waals surface area contributed by atoms with E-state index in [9.17, 15) is 50.1 Å². The number of hydrogen-bond donors (Lipinski definition) is 8. The minimum Gasteiger partial charge on any atom is -0.481 e. The van der Waals surface area contributed by atoms with Crippen LogP contribution >= 0.6 is 42.4 Å². The standard InChI is InChI=1S/C15H14Cl2F3N3O3.C15H18N6O6S.C8H14ClN5.C3H8NO5P/c1-3-26-13(24)10(17)4-8-5-12(11(18)6-9(8)16)23-15(25)22(14(19)20)7(2)21-23;1-21(2)13(22)9-6-5-7-16-12(9)28(24,25)20-15(23)19-14-17-10(26-3)8-11(18-14)27-4;1-4-10-7-12-6(9)13-8(14-7)11-5(2)3;5-3(6)1-4-2-10(7,8)9/h5-6,10,14H,3-4H2,1-2H3;5-8H,1-4H3,(H2,17,18,19,20,23);5H,4H2,1-3H3,(H2,10,11,12,13,14);4H,1-2H2,(H,5,6)(H2,7,8,9). The molecule has 5 rings (SSSR count). The van der Waals surface area contributed by atoms with Crippen molar-refractivity contribution in [3.05, 3.63) is 80.1 Å². The van der Waals surface area contributed by atoms with Gasteiger partial charge in [0.25, 0.3) is 15.9 Å². The first kappa shape index (κ1) is 67.1. The predicted octanol–water partition coefficient (Wildman–Crippen LogP) is 3.92. The van der Waals surface area contributed by atoms with Crippen LogP contribution in [0.25, 0.3) is 5.69 Å². The third kappa shape index (κ3) is 22.2. The van der Waals surface area contributed by atoms with Gasteiger partial charge in [-0.2, -0.15) is 46.8 Å². The highest BCUT2D eigenvalue weighted by molar-refractivity contribution is 7.90. The quantitative estimate of drug-likeness (QED) is 0.0311. The molecule has 430 valence electrons. The van der Waals surface area contributed by atoms with Crippen LogP contribution in [0.5, 0.6) is 11.8 Å². The molecule has 0 aliphatic carbocycles. The Kier molecular flexibility index (Phi) is 27.0. The predicted molar refractivity (Wildman–Crippen MR) is 276 cm³/mol. The molecule has 0 saturated carbocycles. The number of benzene rings is 1. The van der Waals surface area contributed by atoms with Gasteiger partial charge in [-0.1, -0.05) is 11.6 Å². The number of carboxylic acid groups (broad SMARTS) is 1. The zero-order chi connectivity index (χ0) is 59.2. The van der Waals surface area contributed by atoms with Crippen LogP contribution in [0.15, 0.2) is 46.3 Å². The van der Waals surface area contributed by atoms with Gasteiger partial charge in [-0.15, -0.1) is 16.7 Å². The number of urea groups is 1. The van der Waals surface area contributed by atoms with E-state index in [0.29, 0.717) is 16.6 Å². The number of carbonyl (C=O) groups excluding carboxylic acids is 3. The second kappa shape index (κ2) is 31.4. The maximum Gasteiger partial charge on any atom is 0.355 e. The number of carbonyl (C=O) groups is 4. The third-order valence-electron chi connectivity index (χ3n) is 8.63. The number of amides is 3. The Morgan fingerprint density at radius 1 is 0.949 bits per heavy atom. The number of nitrogens with zero attached hydrogens (tertiary/aromatic N) is 10. The average Bonchev–Trinajstić information content (AvgIpc) is 3.64. The molecule has 5 aromatic rings. The number of methoxy groups -OCH3 is 2. The summed E-state index contributed by atoms with van der Waals surface area (Å²) in [4.78, 5) is 98.8. The number of nitrogens with one attached hydrogen (secondary N) is 5. The molecule has 37 heteroatoms. The monoisotopic (exact) mass is 1210 g/mol. The van der Waals surface area contributed by atoms with Crippen molar-refractivity contribution in [3.8, 4) is 17.4 Å². The fraction of sp³-hybridized carbons (Fsp3) is 0.415. The molecule has 0 radical (unpaired) electrons. The van der Waals surface area contributed by atoms with Crippen molar-refractivity contribution in [1.29, 1.82) is 0 Å². The molecule has 0 bridgehead atoms. The second-order valence-corrected chi connectivity index (χ2v) is 19.8. The number of hydrogen-bond acceptors (Lipinski definition) is 21. The summed E-state index contributed by atoms with van der Waals surface area (Å²) in [7, 11) is -2.94. The van der Waals surface area contributed by atoms with Crippen molar-refractivity contribution < 1.29 is 74.4 Å². The number of aryl methyl sites for hydroxylation is 1. The van der Waals surface area contributed by atoms with E-state index in [1.807, 2.05) is 20.8 Å². The Bertz CT molecular complexity index is 3070. The lowest BCUT2D eigenvalue weighted by atomic mass is 10.1. The molecular formula is C41H54Cl3F3N15O14PS. The van der Waals surface area contributed by atoms with Crippen LogP contribution in [-0.4, -0.2) is 162 Å². The zero-order valence-electron chi connectivity index (χ0n) is 42.7. The number of carboxylic acids is 1. The zero-order valence-corrected chi connectivity index (χ0v) is 46.6. The smallest absolute Gasteiger partial charge is 0.355 e. The Hall–Kier alpha value is -7.00. The van der Waals surface area contributed by atoms with Gasteiger partial charge in [0.1, 0.15) is 16.9 Å². The number of esters is 1. The fourth-order valence-corrected chi connectivity index (χ4v) is 7.52. The molecule has 1 aromatic carbocycles. The van der Waals surface area contributed by atoms with Gasteiger partial charge in [-0.25, -0.2) is 28.3 Å². The SMILES string of the molecule is CCNc1nc(Cl)nc(NC(C)C)n1.CCOC(=O)C(Cl)Cc1cc(-n2nc(C)n(C(F)F)c2=O)c(F)cc1Cl.COc1cc(OC)nc(NC(=O)NS(=O)(=O)c2ncccc2C(=O)N(C)C)n1.O=C(O)CNCP(=O)(O)O. The molecule has 8 N–H and O–H groups in total. The molecule has 0 aliphatic heterocycles.